The van der Waals surface area contributed by atoms with Gasteiger partial charge in [-0.15, -0.1) is 0 Å². The quantitative estimate of drug-likeness (QED) is 0.638. The van der Waals surface area contributed by atoms with E-state index in [-0.39, 0.29) is 30.4 Å². The van der Waals surface area contributed by atoms with Crippen LogP contribution in [0.4, 0.5) is 0 Å². The summed E-state index contributed by atoms with van der Waals surface area (Å²) in [5, 5.41) is 8.90. The van der Waals surface area contributed by atoms with E-state index in [4.69, 9.17) is 5.11 Å². The molecule has 1 rings (SSSR count). The van der Waals surface area contributed by atoms with Gasteiger partial charge in [0, 0.05) is 13.0 Å². The summed E-state index contributed by atoms with van der Waals surface area (Å²) in [4.78, 5) is 21.7. The summed E-state index contributed by atoms with van der Waals surface area (Å²) in [5.74, 6) is -1.39. The van der Waals surface area contributed by atoms with E-state index in [2.05, 4.69) is 9.46 Å². The third-order valence-electron chi connectivity index (χ3n) is 3.81. The maximum Gasteiger partial charge on any atom is 0.306 e. The van der Waals surface area contributed by atoms with Gasteiger partial charge in [-0.05, 0) is 38.0 Å². The van der Waals surface area contributed by atoms with Gasteiger partial charge in [0.25, 0.3) is 0 Å². The van der Waals surface area contributed by atoms with Crippen LogP contribution in [0, 0.1) is 11.8 Å². The highest BCUT2D eigenvalue weighted by Crippen LogP contribution is 2.28. The molecule has 1 aliphatic carbocycles. The summed E-state index contributed by atoms with van der Waals surface area (Å²) in [6, 6.07) is 0. The minimum Gasteiger partial charge on any atom is -0.481 e. The standard InChI is InChI=1S/C13H23NO6S/c1-20-12(15)3-2-8-21(18,19)14-9-10-4-6-11(7-5-10)13(16)17/h10-11,14H,2-9H2,1H3,(H,16,17). The number of nitrogens with one attached hydrogen (secondary N) is 1. The van der Waals surface area contributed by atoms with Crippen molar-refractivity contribution in [2.45, 2.75) is 38.5 Å². The van der Waals surface area contributed by atoms with Gasteiger partial charge >= 0.3 is 11.9 Å². The Morgan fingerprint density at radius 1 is 1.24 bits per heavy atom. The van der Waals surface area contributed by atoms with Crippen molar-refractivity contribution < 1.29 is 27.9 Å². The number of methoxy groups -OCH3 is 1. The van der Waals surface area contributed by atoms with E-state index in [0.29, 0.717) is 19.4 Å². The lowest BCUT2D eigenvalue weighted by molar-refractivity contribution is -0.143. The second-order valence-electron chi connectivity index (χ2n) is 5.40. The van der Waals surface area contributed by atoms with E-state index in [1.807, 2.05) is 0 Å². The number of esters is 1. The Morgan fingerprint density at radius 3 is 2.38 bits per heavy atom. The van der Waals surface area contributed by atoms with Gasteiger partial charge < -0.3 is 9.84 Å². The number of hydrogen-bond donors (Lipinski definition) is 2. The summed E-state index contributed by atoms with van der Waals surface area (Å²) in [6.45, 7) is 0.340. The zero-order chi connectivity index (χ0) is 15.9. The lowest BCUT2D eigenvalue weighted by Crippen LogP contribution is -2.33. The largest absolute Gasteiger partial charge is 0.481 e. The zero-order valence-electron chi connectivity index (χ0n) is 12.2. The van der Waals surface area contributed by atoms with Crippen LogP contribution < -0.4 is 4.72 Å². The maximum atomic E-state index is 11.8. The number of rotatable bonds is 8. The summed E-state index contributed by atoms with van der Waals surface area (Å²) in [7, 11) is -2.12. The molecule has 8 heteroatoms. The second-order valence-corrected chi connectivity index (χ2v) is 7.33. The molecule has 0 heterocycles. The molecule has 0 aliphatic heterocycles. The van der Waals surface area contributed by atoms with E-state index in [1.165, 1.54) is 7.11 Å². The summed E-state index contributed by atoms with van der Waals surface area (Å²) < 4.78 is 30.5. The molecular formula is C13H23NO6S. The fraction of sp³-hybridized carbons (Fsp3) is 0.846. The zero-order valence-corrected chi connectivity index (χ0v) is 13.0. The Morgan fingerprint density at radius 2 is 1.86 bits per heavy atom. The first kappa shape index (κ1) is 17.9. The number of carboxylic acid groups (broad SMARTS) is 1. The first-order chi connectivity index (χ1) is 9.84. The molecule has 0 aromatic carbocycles. The third-order valence-corrected chi connectivity index (χ3v) is 5.24. The molecule has 0 unspecified atom stereocenters. The first-order valence-corrected chi connectivity index (χ1v) is 8.76. The monoisotopic (exact) mass is 321 g/mol. The molecule has 21 heavy (non-hydrogen) atoms. The molecule has 1 aliphatic rings. The molecule has 0 atom stereocenters. The predicted molar refractivity (Wildman–Crippen MR) is 76.1 cm³/mol. The van der Waals surface area contributed by atoms with E-state index >= 15 is 0 Å². The number of ether oxygens (including phenoxy) is 1. The van der Waals surface area contributed by atoms with Gasteiger partial charge in [0.05, 0.1) is 18.8 Å². The van der Waals surface area contributed by atoms with Crippen LogP contribution in [0.3, 0.4) is 0 Å². The number of carboxylic acids is 1. The van der Waals surface area contributed by atoms with Gasteiger partial charge in [-0.25, -0.2) is 13.1 Å². The van der Waals surface area contributed by atoms with Gasteiger partial charge in [0.2, 0.25) is 10.0 Å². The SMILES string of the molecule is COC(=O)CCCS(=O)(=O)NCC1CCC(C(=O)O)CC1. The van der Waals surface area contributed by atoms with Crippen molar-refractivity contribution in [1.29, 1.82) is 0 Å². The Kier molecular flexibility index (Phi) is 7.10. The number of carbonyl (C=O) groups excluding carboxylic acids is 1. The van der Waals surface area contributed by atoms with Crippen molar-refractivity contribution in [3.8, 4) is 0 Å². The molecule has 0 aromatic heterocycles. The number of sulfonamides is 1. The van der Waals surface area contributed by atoms with Gasteiger partial charge in [-0.1, -0.05) is 0 Å². The normalized spacial score (nSPS) is 22.7. The van der Waals surface area contributed by atoms with Crippen LogP contribution in [0.15, 0.2) is 0 Å². The van der Waals surface area contributed by atoms with Crippen molar-refractivity contribution in [2.24, 2.45) is 11.8 Å². The third kappa shape index (κ3) is 6.90. The topological polar surface area (TPSA) is 110 Å². The maximum absolute atomic E-state index is 11.8. The highest BCUT2D eigenvalue weighted by Gasteiger charge is 2.26. The average Bonchev–Trinajstić information content (AvgIpc) is 2.45. The molecule has 0 spiro atoms. The van der Waals surface area contributed by atoms with E-state index in [0.717, 1.165) is 12.8 Å². The molecular weight excluding hydrogens is 298 g/mol. The predicted octanol–water partition coefficient (Wildman–Crippen LogP) is 0.750. The van der Waals surface area contributed by atoms with Gasteiger partial charge in [0.15, 0.2) is 0 Å². The lowest BCUT2D eigenvalue weighted by atomic mass is 9.82. The van der Waals surface area contributed by atoms with E-state index < -0.39 is 22.0 Å². The van der Waals surface area contributed by atoms with Crippen molar-refractivity contribution in [2.75, 3.05) is 19.4 Å². The van der Waals surface area contributed by atoms with Crippen molar-refractivity contribution in [1.82, 2.24) is 4.72 Å². The van der Waals surface area contributed by atoms with Crippen LogP contribution in [0.25, 0.3) is 0 Å². The fourth-order valence-corrected chi connectivity index (χ4v) is 3.60. The minimum absolute atomic E-state index is 0.0845. The molecule has 7 nitrogen and oxygen atoms in total. The molecule has 0 aromatic rings. The average molecular weight is 321 g/mol. The molecule has 122 valence electrons. The minimum atomic E-state index is -3.39. The smallest absolute Gasteiger partial charge is 0.306 e. The van der Waals surface area contributed by atoms with Crippen LogP contribution in [0.5, 0.6) is 0 Å². The van der Waals surface area contributed by atoms with Crippen molar-refractivity contribution in [3.63, 3.8) is 0 Å². The molecule has 1 saturated carbocycles. The molecule has 0 saturated heterocycles. The van der Waals surface area contributed by atoms with E-state index in [1.54, 1.807) is 0 Å². The Bertz CT molecular complexity index is 453. The molecule has 2 N–H and O–H groups in total. The first-order valence-electron chi connectivity index (χ1n) is 7.11. The van der Waals surface area contributed by atoms with Crippen LogP contribution in [-0.4, -0.2) is 44.9 Å². The van der Waals surface area contributed by atoms with Gasteiger partial charge in [-0.2, -0.15) is 0 Å². The van der Waals surface area contributed by atoms with Crippen LogP contribution in [-0.2, 0) is 24.3 Å². The van der Waals surface area contributed by atoms with Crippen molar-refractivity contribution in [3.05, 3.63) is 0 Å². The lowest BCUT2D eigenvalue weighted by Gasteiger charge is -2.26. The Hall–Kier alpha value is -1.15. The summed E-state index contributed by atoms with van der Waals surface area (Å²) >= 11 is 0. The number of hydrogen-bond acceptors (Lipinski definition) is 5. The van der Waals surface area contributed by atoms with E-state index in [9.17, 15) is 18.0 Å². The van der Waals surface area contributed by atoms with Crippen molar-refractivity contribution >= 4 is 22.0 Å². The fourth-order valence-electron chi connectivity index (χ4n) is 2.44. The highest BCUT2D eigenvalue weighted by molar-refractivity contribution is 7.89. The number of carbonyl (C=O) groups is 2. The summed E-state index contributed by atoms with van der Waals surface area (Å²) in [5.41, 5.74) is 0. The molecule has 0 bridgehead atoms. The second kappa shape index (κ2) is 8.33. The Labute approximate surface area is 125 Å². The van der Waals surface area contributed by atoms with Crippen LogP contribution in [0.2, 0.25) is 0 Å². The van der Waals surface area contributed by atoms with Crippen LogP contribution in [0.1, 0.15) is 38.5 Å². The number of aliphatic carboxylic acids is 1. The molecule has 0 radical (unpaired) electrons. The molecule has 0 amide bonds. The van der Waals surface area contributed by atoms with Gasteiger partial charge in [-0.3, -0.25) is 9.59 Å². The highest BCUT2D eigenvalue weighted by atomic mass is 32.2. The Balaban J connectivity index is 2.25. The van der Waals surface area contributed by atoms with Crippen LogP contribution >= 0.6 is 0 Å². The summed E-state index contributed by atoms with van der Waals surface area (Å²) in [6.07, 6.45) is 2.96. The van der Waals surface area contributed by atoms with Gasteiger partial charge in [0.1, 0.15) is 0 Å². The molecule has 1 fully saturated rings.